The van der Waals surface area contributed by atoms with Gasteiger partial charge in [-0.1, -0.05) is 20.8 Å². The van der Waals surface area contributed by atoms with Gasteiger partial charge in [-0.05, 0) is 35.9 Å². The summed E-state index contributed by atoms with van der Waals surface area (Å²) < 4.78 is 9.51. The maximum atomic E-state index is 11.3. The first-order chi connectivity index (χ1) is 8.56. The lowest BCUT2D eigenvalue weighted by Gasteiger charge is -2.22. The molecule has 0 heterocycles. The van der Waals surface area contributed by atoms with Gasteiger partial charge in [0.2, 0.25) is 0 Å². The molecule has 2 atom stereocenters. The number of hydrogen-bond donors (Lipinski definition) is 2. The zero-order chi connectivity index (χ0) is 15.1. The number of nitrogens with one attached hydrogen (secondary N) is 2. The third kappa shape index (κ3) is 11.0. The van der Waals surface area contributed by atoms with Gasteiger partial charge in [0.25, 0.3) is 9.03 Å². The van der Waals surface area contributed by atoms with Crippen LogP contribution in [0.15, 0.2) is 0 Å². The van der Waals surface area contributed by atoms with Crippen molar-refractivity contribution in [2.45, 2.75) is 58.7 Å². The van der Waals surface area contributed by atoms with Crippen molar-refractivity contribution in [3.05, 3.63) is 0 Å². The van der Waals surface area contributed by atoms with Gasteiger partial charge in [-0.2, -0.15) is 0 Å². The molecule has 0 rings (SSSR count). The summed E-state index contributed by atoms with van der Waals surface area (Å²) in [5, 5.41) is 5.30. The highest BCUT2D eigenvalue weighted by atomic mass is 31.1. The molecule has 0 aliphatic rings. The summed E-state index contributed by atoms with van der Waals surface area (Å²) in [7, 11) is -0.387. The first kappa shape index (κ1) is 18.4. The zero-order valence-corrected chi connectivity index (χ0v) is 14.3. The SMILES string of the molecule is CCC(C)(C)PNC(=O)OPOC(=O)NC(C)(C)C. The Labute approximate surface area is 118 Å². The topological polar surface area (TPSA) is 76.7 Å². The van der Waals surface area contributed by atoms with Gasteiger partial charge in [0, 0.05) is 10.7 Å². The van der Waals surface area contributed by atoms with E-state index in [1.807, 2.05) is 20.8 Å². The lowest BCUT2D eigenvalue weighted by atomic mass is 10.1. The molecule has 112 valence electrons. The van der Waals surface area contributed by atoms with Crippen LogP contribution in [0.1, 0.15) is 48.0 Å². The van der Waals surface area contributed by atoms with Crippen molar-refractivity contribution >= 4 is 30.0 Å². The molecular formula is C11H24N2O4P2. The summed E-state index contributed by atoms with van der Waals surface area (Å²) in [4.78, 5) is 22.6. The van der Waals surface area contributed by atoms with Gasteiger partial charge in [0.1, 0.15) is 0 Å². The molecule has 0 fully saturated rings. The predicted molar refractivity (Wildman–Crippen MR) is 80.0 cm³/mol. The standard InChI is InChI=1S/C11H24N2O4P2/c1-7-11(5,6)18-13-9(15)17-19-16-8(14)12-10(2,3)4/h18-19H,7H2,1-6H3,(H,12,14)(H,13,15). The van der Waals surface area contributed by atoms with Crippen LogP contribution in [0.2, 0.25) is 0 Å². The Bertz CT molecular complexity index is 316. The van der Waals surface area contributed by atoms with E-state index in [1.54, 1.807) is 0 Å². The Morgan fingerprint density at radius 2 is 1.58 bits per heavy atom. The lowest BCUT2D eigenvalue weighted by molar-refractivity contribution is 0.186. The van der Waals surface area contributed by atoms with Crippen LogP contribution in [0.3, 0.4) is 0 Å². The van der Waals surface area contributed by atoms with Crippen LogP contribution in [0.25, 0.3) is 0 Å². The highest BCUT2D eigenvalue weighted by Gasteiger charge is 2.18. The van der Waals surface area contributed by atoms with Crippen LogP contribution >= 0.6 is 17.8 Å². The summed E-state index contributed by atoms with van der Waals surface area (Å²) in [6.45, 7) is 11.7. The van der Waals surface area contributed by atoms with Crippen molar-refractivity contribution in [2.75, 3.05) is 0 Å². The summed E-state index contributed by atoms with van der Waals surface area (Å²) in [5.74, 6) is 0. The summed E-state index contributed by atoms with van der Waals surface area (Å²) in [5.41, 5.74) is -0.379. The maximum absolute atomic E-state index is 11.3. The predicted octanol–water partition coefficient (Wildman–Crippen LogP) is 3.53. The third-order valence-corrected chi connectivity index (χ3v) is 4.03. The van der Waals surface area contributed by atoms with Crippen LogP contribution in [-0.4, -0.2) is 22.9 Å². The first-order valence-electron chi connectivity index (χ1n) is 6.04. The molecular weight excluding hydrogens is 286 g/mol. The number of amides is 2. The molecule has 0 aromatic heterocycles. The van der Waals surface area contributed by atoms with Crippen molar-refractivity contribution in [3.63, 3.8) is 0 Å². The molecule has 0 aliphatic heterocycles. The minimum absolute atomic E-state index is 0.0482. The van der Waals surface area contributed by atoms with Crippen LogP contribution in [0.4, 0.5) is 9.59 Å². The minimum Gasteiger partial charge on any atom is -0.392 e. The Balaban J connectivity index is 3.78. The molecule has 0 aliphatic carbocycles. The summed E-state index contributed by atoms with van der Waals surface area (Å²) >= 11 is 0. The fourth-order valence-electron chi connectivity index (χ4n) is 0.762. The third-order valence-electron chi connectivity index (χ3n) is 2.13. The van der Waals surface area contributed by atoms with E-state index in [9.17, 15) is 9.59 Å². The maximum Gasteiger partial charge on any atom is 0.415 e. The Morgan fingerprint density at radius 3 is 2.05 bits per heavy atom. The molecule has 19 heavy (non-hydrogen) atoms. The summed E-state index contributed by atoms with van der Waals surface area (Å²) in [6.07, 6.45) is -0.213. The van der Waals surface area contributed by atoms with Crippen molar-refractivity contribution in [1.29, 1.82) is 0 Å². The molecule has 0 spiro atoms. The summed E-state index contributed by atoms with van der Waals surface area (Å²) in [6, 6.07) is 0. The average Bonchev–Trinajstić information content (AvgIpc) is 2.24. The molecule has 0 saturated carbocycles. The molecule has 0 saturated heterocycles. The molecule has 0 aromatic carbocycles. The number of carbonyl (C=O) groups excluding carboxylic acids is 2. The second kappa shape index (κ2) is 7.86. The van der Waals surface area contributed by atoms with Gasteiger partial charge in [-0.25, -0.2) is 9.59 Å². The van der Waals surface area contributed by atoms with E-state index in [-0.39, 0.29) is 19.4 Å². The van der Waals surface area contributed by atoms with E-state index in [2.05, 4.69) is 31.2 Å². The van der Waals surface area contributed by atoms with E-state index >= 15 is 0 Å². The number of carbonyl (C=O) groups is 2. The van der Waals surface area contributed by atoms with E-state index in [0.29, 0.717) is 0 Å². The van der Waals surface area contributed by atoms with Gasteiger partial charge in [-0.3, -0.25) is 0 Å². The smallest absolute Gasteiger partial charge is 0.392 e. The highest BCUT2D eigenvalue weighted by molar-refractivity contribution is 7.38. The quantitative estimate of drug-likeness (QED) is 0.762. The van der Waals surface area contributed by atoms with Crippen molar-refractivity contribution in [1.82, 2.24) is 10.4 Å². The average molecular weight is 310 g/mol. The zero-order valence-electron chi connectivity index (χ0n) is 12.3. The normalized spacial score (nSPS) is 12.9. The van der Waals surface area contributed by atoms with Crippen LogP contribution in [0.5, 0.6) is 0 Å². The van der Waals surface area contributed by atoms with E-state index < -0.39 is 21.2 Å². The number of rotatable bonds is 5. The highest BCUT2D eigenvalue weighted by Crippen LogP contribution is 2.31. The van der Waals surface area contributed by atoms with E-state index in [1.165, 1.54) is 0 Å². The minimum atomic E-state index is -0.647. The fraction of sp³-hybridized carbons (Fsp3) is 0.818. The molecule has 2 N–H and O–H groups in total. The lowest BCUT2D eigenvalue weighted by Crippen LogP contribution is -2.40. The molecule has 0 bridgehead atoms. The Morgan fingerprint density at radius 1 is 1.05 bits per heavy atom. The molecule has 0 radical (unpaired) electrons. The van der Waals surface area contributed by atoms with Crippen LogP contribution in [0, 0.1) is 0 Å². The van der Waals surface area contributed by atoms with Gasteiger partial charge < -0.3 is 19.5 Å². The second-order valence-corrected chi connectivity index (χ2v) is 8.15. The van der Waals surface area contributed by atoms with Gasteiger partial charge in [-0.15, -0.1) is 0 Å². The Hall–Kier alpha value is -0.600. The second-order valence-electron chi connectivity index (χ2n) is 5.72. The van der Waals surface area contributed by atoms with E-state index in [0.717, 1.165) is 6.42 Å². The molecule has 2 unspecified atom stereocenters. The molecule has 6 nitrogen and oxygen atoms in total. The van der Waals surface area contributed by atoms with Crippen molar-refractivity contribution in [3.8, 4) is 0 Å². The molecule has 2 amide bonds. The van der Waals surface area contributed by atoms with E-state index in [4.69, 9.17) is 9.05 Å². The van der Waals surface area contributed by atoms with Gasteiger partial charge in [0.15, 0.2) is 0 Å². The largest absolute Gasteiger partial charge is 0.415 e. The van der Waals surface area contributed by atoms with Crippen molar-refractivity contribution in [2.24, 2.45) is 0 Å². The van der Waals surface area contributed by atoms with Crippen molar-refractivity contribution < 1.29 is 18.6 Å². The molecule has 8 heteroatoms. The Kier molecular flexibility index (Phi) is 7.61. The first-order valence-corrected chi connectivity index (χ1v) is 7.85. The van der Waals surface area contributed by atoms with Gasteiger partial charge >= 0.3 is 12.2 Å². The number of hydrogen-bond acceptors (Lipinski definition) is 4. The monoisotopic (exact) mass is 310 g/mol. The van der Waals surface area contributed by atoms with Gasteiger partial charge in [0.05, 0.1) is 0 Å². The fourth-order valence-corrected chi connectivity index (χ4v) is 1.83. The van der Waals surface area contributed by atoms with Crippen LogP contribution < -0.4 is 10.4 Å². The molecule has 0 aromatic rings. The van der Waals surface area contributed by atoms with Crippen LogP contribution in [-0.2, 0) is 9.05 Å².